The van der Waals surface area contributed by atoms with E-state index >= 15 is 0 Å². The molecule has 6 nitrogen and oxygen atoms in total. The van der Waals surface area contributed by atoms with Crippen LogP contribution in [0, 0.1) is 0 Å². The molecule has 4 rings (SSSR count). The van der Waals surface area contributed by atoms with Gasteiger partial charge in [-0.25, -0.2) is 0 Å². The van der Waals surface area contributed by atoms with Crippen LogP contribution in [0.3, 0.4) is 0 Å². The summed E-state index contributed by atoms with van der Waals surface area (Å²) in [6.07, 6.45) is 1.68. The van der Waals surface area contributed by atoms with E-state index in [0.29, 0.717) is 16.8 Å². The van der Waals surface area contributed by atoms with Gasteiger partial charge in [0.25, 0.3) is 5.91 Å². The number of nitrogens with one attached hydrogen (secondary N) is 3. The highest BCUT2D eigenvalue weighted by molar-refractivity contribution is 6.13. The summed E-state index contributed by atoms with van der Waals surface area (Å²) in [6.45, 7) is -0.130. The number of nitrogens with zero attached hydrogens (tertiary/aromatic N) is 1. The van der Waals surface area contributed by atoms with Crippen molar-refractivity contribution in [3.63, 3.8) is 0 Å². The number of para-hydroxylation sites is 1. The minimum atomic E-state index is -0.221. The summed E-state index contributed by atoms with van der Waals surface area (Å²) in [5, 5.41) is 20.0. The molecule has 25 heavy (non-hydrogen) atoms. The van der Waals surface area contributed by atoms with Crippen molar-refractivity contribution >= 4 is 22.5 Å². The molecule has 0 atom stereocenters. The van der Waals surface area contributed by atoms with Crippen molar-refractivity contribution < 1.29 is 9.90 Å². The molecule has 124 valence electrons. The molecule has 0 saturated carbocycles. The zero-order valence-corrected chi connectivity index (χ0v) is 13.3. The molecule has 2 aromatic carbocycles. The fourth-order valence-corrected chi connectivity index (χ4v) is 2.87. The largest absolute Gasteiger partial charge is 0.392 e. The van der Waals surface area contributed by atoms with Crippen LogP contribution >= 0.6 is 0 Å². The Balaban J connectivity index is 1.72. The number of amides is 1. The second kappa shape index (κ2) is 6.26. The van der Waals surface area contributed by atoms with Crippen LogP contribution in [-0.2, 0) is 6.61 Å². The van der Waals surface area contributed by atoms with Crippen molar-refractivity contribution in [2.75, 3.05) is 5.32 Å². The molecule has 0 unspecified atom stereocenters. The molecule has 0 saturated heterocycles. The summed E-state index contributed by atoms with van der Waals surface area (Å²) in [5.41, 5.74) is 4.43. The quantitative estimate of drug-likeness (QED) is 0.462. The number of anilines is 1. The second-order valence-electron chi connectivity index (χ2n) is 5.69. The zero-order valence-electron chi connectivity index (χ0n) is 13.3. The smallest absolute Gasteiger partial charge is 0.256 e. The summed E-state index contributed by atoms with van der Waals surface area (Å²) < 4.78 is 0. The Labute approximate surface area is 143 Å². The Bertz CT molecular complexity index is 1030. The van der Waals surface area contributed by atoms with Gasteiger partial charge in [-0.3, -0.25) is 9.89 Å². The molecule has 2 aromatic heterocycles. The lowest BCUT2D eigenvalue weighted by Gasteiger charge is -2.09. The molecule has 4 aromatic rings. The number of aromatic amines is 2. The number of aromatic nitrogens is 3. The summed E-state index contributed by atoms with van der Waals surface area (Å²) in [6, 6.07) is 16.5. The van der Waals surface area contributed by atoms with Gasteiger partial charge < -0.3 is 15.4 Å². The molecular weight excluding hydrogens is 316 g/mol. The molecule has 2 heterocycles. The van der Waals surface area contributed by atoms with Gasteiger partial charge in [0.05, 0.1) is 18.0 Å². The summed E-state index contributed by atoms with van der Waals surface area (Å²) in [7, 11) is 0. The molecule has 0 aliphatic heterocycles. The van der Waals surface area contributed by atoms with Crippen LogP contribution in [0.4, 0.5) is 5.69 Å². The third-order valence-corrected chi connectivity index (χ3v) is 4.14. The molecular formula is C19H16N4O2. The van der Waals surface area contributed by atoms with Gasteiger partial charge in [-0.2, -0.15) is 5.10 Å². The van der Waals surface area contributed by atoms with Crippen LogP contribution in [0.25, 0.3) is 22.3 Å². The number of H-pyrrole nitrogens is 2. The molecule has 0 aliphatic rings. The summed E-state index contributed by atoms with van der Waals surface area (Å²) in [5.74, 6) is -0.221. The fraction of sp³-hybridized carbons (Fsp3) is 0.0526. The van der Waals surface area contributed by atoms with Gasteiger partial charge in [0.2, 0.25) is 0 Å². The molecule has 0 spiro atoms. The molecule has 4 N–H and O–H groups in total. The normalized spacial score (nSPS) is 10.9. The van der Waals surface area contributed by atoms with Gasteiger partial charge in [0.15, 0.2) is 0 Å². The van der Waals surface area contributed by atoms with Gasteiger partial charge in [0.1, 0.15) is 0 Å². The highest BCUT2D eigenvalue weighted by Gasteiger charge is 2.14. The van der Waals surface area contributed by atoms with E-state index in [1.54, 1.807) is 24.4 Å². The van der Waals surface area contributed by atoms with Crippen molar-refractivity contribution in [1.82, 2.24) is 15.2 Å². The number of aliphatic hydroxyl groups excluding tert-OH is 1. The molecule has 0 fully saturated rings. The van der Waals surface area contributed by atoms with Gasteiger partial charge in [-0.05, 0) is 30.3 Å². The van der Waals surface area contributed by atoms with E-state index in [4.69, 9.17) is 0 Å². The summed E-state index contributed by atoms with van der Waals surface area (Å²) in [4.78, 5) is 16.1. The van der Waals surface area contributed by atoms with Crippen molar-refractivity contribution in [3.05, 3.63) is 71.9 Å². The van der Waals surface area contributed by atoms with Gasteiger partial charge >= 0.3 is 0 Å². The van der Waals surface area contributed by atoms with Crippen molar-refractivity contribution in [1.29, 1.82) is 0 Å². The van der Waals surface area contributed by atoms with E-state index in [1.807, 2.05) is 36.4 Å². The monoisotopic (exact) mass is 332 g/mol. The minimum absolute atomic E-state index is 0.130. The van der Waals surface area contributed by atoms with Crippen LogP contribution in [0.15, 0.2) is 60.8 Å². The number of benzene rings is 2. The number of hydrogen-bond donors (Lipinski definition) is 4. The number of carbonyl (C=O) groups is 1. The lowest BCUT2D eigenvalue weighted by molar-refractivity contribution is 0.102. The third kappa shape index (κ3) is 2.79. The highest BCUT2D eigenvalue weighted by atomic mass is 16.3. The van der Waals surface area contributed by atoms with E-state index in [9.17, 15) is 9.90 Å². The first-order valence-corrected chi connectivity index (χ1v) is 7.88. The molecule has 1 amide bonds. The maximum absolute atomic E-state index is 12.8. The number of carbonyl (C=O) groups excluding carboxylic acids is 1. The van der Waals surface area contributed by atoms with Crippen LogP contribution in [-0.4, -0.2) is 26.2 Å². The van der Waals surface area contributed by atoms with Crippen LogP contribution in [0.1, 0.15) is 15.9 Å². The second-order valence-corrected chi connectivity index (χ2v) is 5.69. The standard InChI is InChI=1S/C19H16N4O2/c24-11-12-4-1-2-6-15(12)22-19(25)13-5-3-7-16-14(13)10-18(21-16)17-8-9-20-23-17/h1-10,21,24H,11H2,(H,20,23)(H,22,25). The van der Waals surface area contributed by atoms with E-state index in [1.165, 1.54) is 0 Å². The lowest BCUT2D eigenvalue weighted by atomic mass is 10.1. The van der Waals surface area contributed by atoms with E-state index in [-0.39, 0.29) is 12.5 Å². The fourth-order valence-electron chi connectivity index (χ4n) is 2.87. The topological polar surface area (TPSA) is 93.8 Å². The number of hydrogen-bond acceptors (Lipinski definition) is 3. The summed E-state index contributed by atoms with van der Waals surface area (Å²) >= 11 is 0. The first-order chi connectivity index (χ1) is 12.3. The first-order valence-electron chi connectivity index (χ1n) is 7.88. The number of fused-ring (bicyclic) bond motifs is 1. The molecule has 6 heteroatoms. The average molecular weight is 332 g/mol. The minimum Gasteiger partial charge on any atom is -0.392 e. The van der Waals surface area contributed by atoms with Gasteiger partial charge in [0, 0.05) is 33.9 Å². The Morgan fingerprint density at radius 1 is 1.08 bits per heavy atom. The zero-order chi connectivity index (χ0) is 17.2. The average Bonchev–Trinajstić information content (AvgIpc) is 3.30. The van der Waals surface area contributed by atoms with Crippen LogP contribution in [0.5, 0.6) is 0 Å². The molecule has 0 bridgehead atoms. The predicted octanol–water partition coefficient (Wildman–Crippen LogP) is 3.30. The molecule has 0 aliphatic carbocycles. The highest BCUT2D eigenvalue weighted by Crippen LogP contribution is 2.26. The van der Waals surface area contributed by atoms with Crippen molar-refractivity contribution in [2.45, 2.75) is 6.61 Å². The van der Waals surface area contributed by atoms with E-state index < -0.39 is 0 Å². The Morgan fingerprint density at radius 2 is 1.96 bits per heavy atom. The van der Waals surface area contributed by atoms with Crippen LogP contribution < -0.4 is 5.32 Å². The number of aliphatic hydroxyl groups is 1. The number of rotatable bonds is 4. The van der Waals surface area contributed by atoms with Gasteiger partial charge in [-0.1, -0.05) is 24.3 Å². The third-order valence-electron chi connectivity index (χ3n) is 4.14. The van der Waals surface area contributed by atoms with Crippen molar-refractivity contribution in [2.24, 2.45) is 0 Å². The lowest BCUT2D eigenvalue weighted by Crippen LogP contribution is -2.13. The predicted molar refractivity (Wildman–Crippen MR) is 96.2 cm³/mol. The first kappa shape index (κ1) is 15.2. The Hall–Kier alpha value is -3.38. The molecule has 0 radical (unpaired) electrons. The Morgan fingerprint density at radius 3 is 2.76 bits per heavy atom. The SMILES string of the molecule is O=C(Nc1ccccc1CO)c1cccc2[nH]c(-c3ccn[nH]3)cc12. The van der Waals surface area contributed by atoms with Crippen LogP contribution in [0.2, 0.25) is 0 Å². The van der Waals surface area contributed by atoms with Gasteiger partial charge in [-0.15, -0.1) is 0 Å². The Kier molecular flexibility index (Phi) is 3.80. The maximum Gasteiger partial charge on any atom is 0.256 e. The van der Waals surface area contributed by atoms with E-state index in [0.717, 1.165) is 22.3 Å². The van der Waals surface area contributed by atoms with E-state index in [2.05, 4.69) is 20.5 Å². The maximum atomic E-state index is 12.8. The van der Waals surface area contributed by atoms with Crippen molar-refractivity contribution in [3.8, 4) is 11.4 Å².